The SMILES string of the molecule is CCN(C)CCNc1nc(OC)ccc1N. The Hall–Kier alpha value is -1.49. The molecule has 3 N–H and O–H groups in total. The fraction of sp³-hybridized carbons (Fsp3) is 0.545. The van der Waals surface area contributed by atoms with Gasteiger partial charge in [-0.25, -0.2) is 0 Å². The fourth-order valence-electron chi connectivity index (χ4n) is 1.23. The lowest BCUT2D eigenvalue weighted by Gasteiger charge is -2.15. The van der Waals surface area contributed by atoms with Gasteiger partial charge in [-0.3, -0.25) is 0 Å². The highest BCUT2D eigenvalue weighted by Crippen LogP contribution is 2.18. The molecule has 0 saturated heterocycles. The lowest BCUT2D eigenvalue weighted by molar-refractivity contribution is 0.366. The molecule has 1 aromatic rings. The molecule has 16 heavy (non-hydrogen) atoms. The van der Waals surface area contributed by atoms with Crippen LogP contribution in [0.2, 0.25) is 0 Å². The van der Waals surface area contributed by atoms with Crippen LogP contribution in [0.4, 0.5) is 11.5 Å². The summed E-state index contributed by atoms with van der Waals surface area (Å²) in [5, 5.41) is 3.20. The Balaban J connectivity index is 2.52. The topological polar surface area (TPSA) is 63.4 Å². The third-order valence-electron chi connectivity index (χ3n) is 2.44. The minimum absolute atomic E-state index is 0.570. The summed E-state index contributed by atoms with van der Waals surface area (Å²) >= 11 is 0. The van der Waals surface area contributed by atoms with E-state index >= 15 is 0 Å². The molecule has 5 nitrogen and oxygen atoms in total. The van der Waals surface area contributed by atoms with Crippen LogP contribution in [0.15, 0.2) is 12.1 Å². The summed E-state index contributed by atoms with van der Waals surface area (Å²) in [5.74, 6) is 1.25. The van der Waals surface area contributed by atoms with Crippen LogP contribution in [-0.4, -0.2) is 43.7 Å². The van der Waals surface area contributed by atoms with Crippen LogP contribution in [-0.2, 0) is 0 Å². The quantitative estimate of drug-likeness (QED) is 0.756. The van der Waals surface area contributed by atoms with Crippen molar-refractivity contribution in [1.29, 1.82) is 0 Å². The van der Waals surface area contributed by atoms with E-state index in [4.69, 9.17) is 10.5 Å². The molecule has 0 aliphatic heterocycles. The molecule has 1 aromatic heterocycles. The van der Waals surface area contributed by atoms with E-state index in [1.165, 1.54) is 0 Å². The van der Waals surface area contributed by atoms with Crippen LogP contribution in [0.5, 0.6) is 5.88 Å². The van der Waals surface area contributed by atoms with Crippen molar-refractivity contribution in [1.82, 2.24) is 9.88 Å². The first kappa shape index (κ1) is 12.6. The number of ether oxygens (including phenoxy) is 1. The van der Waals surface area contributed by atoms with Crippen molar-refractivity contribution in [3.05, 3.63) is 12.1 Å². The summed E-state index contributed by atoms with van der Waals surface area (Å²) in [6, 6.07) is 3.54. The Bertz CT molecular complexity index is 330. The van der Waals surface area contributed by atoms with E-state index in [-0.39, 0.29) is 0 Å². The van der Waals surface area contributed by atoms with Crippen molar-refractivity contribution < 1.29 is 4.74 Å². The van der Waals surface area contributed by atoms with Gasteiger partial charge in [0.15, 0.2) is 5.82 Å². The monoisotopic (exact) mass is 224 g/mol. The molecule has 0 aliphatic rings. The number of hydrogen-bond acceptors (Lipinski definition) is 5. The lowest BCUT2D eigenvalue weighted by atomic mass is 10.4. The number of pyridine rings is 1. The molecular weight excluding hydrogens is 204 g/mol. The highest BCUT2D eigenvalue weighted by Gasteiger charge is 2.02. The van der Waals surface area contributed by atoms with Gasteiger partial charge in [-0.2, -0.15) is 4.98 Å². The van der Waals surface area contributed by atoms with Gasteiger partial charge in [0.1, 0.15) is 0 Å². The maximum atomic E-state index is 5.80. The zero-order valence-corrected chi connectivity index (χ0v) is 10.2. The van der Waals surface area contributed by atoms with Crippen LogP contribution < -0.4 is 15.8 Å². The van der Waals surface area contributed by atoms with Crippen LogP contribution in [0.25, 0.3) is 0 Å². The molecule has 0 radical (unpaired) electrons. The van der Waals surface area contributed by atoms with Gasteiger partial charge < -0.3 is 20.7 Å². The minimum Gasteiger partial charge on any atom is -0.481 e. The summed E-state index contributed by atoms with van der Waals surface area (Å²) < 4.78 is 5.04. The molecule has 0 bridgehead atoms. The molecule has 0 amide bonds. The highest BCUT2D eigenvalue weighted by atomic mass is 16.5. The third-order valence-corrected chi connectivity index (χ3v) is 2.44. The first-order chi connectivity index (χ1) is 7.67. The molecule has 0 atom stereocenters. The number of anilines is 2. The maximum absolute atomic E-state index is 5.80. The van der Waals surface area contributed by atoms with Crippen molar-refractivity contribution in [2.24, 2.45) is 0 Å². The van der Waals surface area contributed by atoms with E-state index in [0.29, 0.717) is 17.4 Å². The van der Waals surface area contributed by atoms with E-state index in [1.54, 1.807) is 19.2 Å². The van der Waals surface area contributed by atoms with Gasteiger partial charge in [-0.15, -0.1) is 0 Å². The predicted molar refractivity (Wildman–Crippen MR) is 66.9 cm³/mol. The molecule has 0 spiro atoms. The van der Waals surface area contributed by atoms with E-state index in [0.717, 1.165) is 19.6 Å². The molecule has 90 valence electrons. The molecule has 5 heteroatoms. The predicted octanol–water partition coefficient (Wildman–Crippen LogP) is 1.04. The van der Waals surface area contributed by atoms with Crippen LogP contribution in [0, 0.1) is 0 Å². The number of nitrogens with one attached hydrogen (secondary N) is 1. The Morgan fingerprint density at radius 1 is 1.50 bits per heavy atom. The van der Waals surface area contributed by atoms with Gasteiger partial charge in [0.05, 0.1) is 12.8 Å². The normalized spacial score (nSPS) is 10.5. The zero-order chi connectivity index (χ0) is 12.0. The van der Waals surface area contributed by atoms with Gasteiger partial charge >= 0.3 is 0 Å². The summed E-state index contributed by atoms with van der Waals surface area (Å²) in [4.78, 5) is 6.45. The number of nitrogens with two attached hydrogens (primary N) is 1. The van der Waals surface area contributed by atoms with Gasteiger partial charge in [-0.05, 0) is 19.7 Å². The number of rotatable bonds is 6. The second-order valence-electron chi connectivity index (χ2n) is 3.61. The van der Waals surface area contributed by atoms with E-state index in [2.05, 4.69) is 29.2 Å². The number of hydrogen-bond donors (Lipinski definition) is 2. The molecular formula is C11H20N4O. The first-order valence-corrected chi connectivity index (χ1v) is 5.40. The lowest BCUT2D eigenvalue weighted by Crippen LogP contribution is -2.25. The van der Waals surface area contributed by atoms with E-state index in [9.17, 15) is 0 Å². The molecule has 0 fully saturated rings. The second kappa shape index (κ2) is 6.17. The van der Waals surface area contributed by atoms with Crippen LogP contribution in [0.1, 0.15) is 6.92 Å². The highest BCUT2D eigenvalue weighted by molar-refractivity contribution is 5.61. The van der Waals surface area contributed by atoms with Crippen molar-refractivity contribution in [2.45, 2.75) is 6.92 Å². The second-order valence-corrected chi connectivity index (χ2v) is 3.61. The van der Waals surface area contributed by atoms with Gasteiger partial charge in [0.2, 0.25) is 5.88 Å². The van der Waals surface area contributed by atoms with Crippen LogP contribution >= 0.6 is 0 Å². The molecule has 0 unspecified atom stereocenters. The number of nitrogens with zero attached hydrogens (tertiary/aromatic N) is 2. The average molecular weight is 224 g/mol. The molecule has 0 aliphatic carbocycles. The number of methoxy groups -OCH3 is 1. The summed E-state index contributed by atoms with van der Waals surface area (Å²) in [5.41, 5.74) is 6.44. The number of nitrogen functional groups attached to an aromatic ring is 1. The summed E-state index contributed by atoms with van der Waals surface area (Å²) in [6.07, 6.45) is 0. The van der Waals surface area contributed by atoms with Gasteiger partial charge in [0, 0.05) is 19.2 Å². The van der Waals surface area contributed by atoms with Crippen molar-refractivity contribution in [2.75, 3.05) is 44.8 Å². The maximum Gasteiger partial charge on any atom is 0.215 e. The standard InChI is InChI=1S/C11H20N4O/c1-4-15(2)8-7-13-11-9(12)5-6-10(14-11)16-3/h5-6H,4,7-8,12H2,1-3H3,(H,13,14). The Morgan fingerprint density at radius 2 is 2.25 bits per heavy atom. The van der Waals surface area contributed by atoms with Crippen LogP contribution in [0.3, 0.4) is 0 Å². The van der Waals surface area contributed by atoms with Crippen molar-refractivity contribution in [3.8, 4) is 5.88 Å². The smallest absolute Gasteiger partial charge is 0.215 e. The van der Waals surface area contributed by atoms with Crippen molar-refractivity contribution >= 4 is 11.5 Å². The largest absolute Gasteiger partial charge is 0.481 e. The number of likely N-dealkylation sites (N-methyl/N-ethyl adjacent to an activating group) is 1. The zero-order valence-electron chi connectivity index (χ0n) is 10.2. The summed E-state index contributed by atoms with van der Waals surface area (Å²) in [6.45, 7) is 4.92. The fourth-order valence-corrected chi connectivity index (χ4v) is 1.23. The van der Waals surface area contributed by atoms with E-state index in [1.807, 2.05) is 0 Å². The first-order valence-electron chi connectivity index (χ1n) is 5.40. The Kier molecular flexibility index (Phi) is 4.85. The molecule has 0 aromatic carbocycles. The van der Waals surface area contributed by atoms with Gasteiger partial charge in [0.25, 0.3) is 0 Å². The molecule has 1 rings (SSSR count). The third kappa shape index (κ3) is 3.58. The summed E-state index contributed by atoms with van der Waals surface area (Å²) in [7, 11) is 3.66. The van der Waals surface area contributed by atoms with Crippen molar-refractivity contribution in [3.63, 3.8) is 0 Å². The minimum atomic E-state index is 0.570. The van der Waals surface area contributed by atoms with Gasteiger partial charge in [-0.1, -0.05) is 6.92 Å². The number of aromatic nitrogens is 1. The molecule has 0 saturated carbocycles. The van der Waals surface area contributed by atoms with E-state index < -0.39 is 0 Å². The Labute approximate surface area is 96.6 Å². The molecule has 1 heterocycles. The average Bonchev–Trinajstić information content (AvgIpc) is 2.31. The Morgan fingerprint density at radius 3 is 2.88 bits per heavy atom.